The van der Waals surface area contributed by atoms with Crippen LogP contribution < -0.4 is 10.7 Å². The number of halogens is 1. The van der Waals surface area contributed by atoms with Crippen molar-refractivity contribution >= 4 is 24.5 Å². The Morgan fingerprint density at radius 1 is 0.839 bits per heavy atom. The molecule has 2 aromatic heterocycles. The fourth-order valence-corrected chi connectivity index (χ4v) is 7.09. The SMILES string of the molecule is COC(=O)NC(C(=O)N1CCCC1c1ncc(-c2ccc(-c3ccc(-c4cnc(C5CCCCC5)[nH]4)cc3F)cc2)[nH]1)C(C)C.COC(=O)NN(C=O)C(C)C. The lowest BCUT2D eigenvalue weighted by atomic mass is 9.89. The minimum atomic E-state index is -0.687. The van der Waals surface area contributed by atoms with Gasteiger partial charge < -0.3 is 29.7 Å². The highest BCUT2D eigenvalue weighted by molar-refractivity contribution is 5.86. The molecule has 2 atom stereocenters. The number of rotatable bonds is 11. The van der Waals surface area contributed by atoms with E-state index in [-0.39, 0.29) is 29.7 Å². The van der Waals surface area contributed by atoms with Crippen molar-refractivity contribution in [1.82, 2.24) is 40.6 Å². The van der Waals surface area contributed by atoms with E-state index >= 15 is 4.39 Å². The van der Waals surface area contributed by atoms with Crippen molar-refractivity contribution in [3.05, 3.63) is 72.3 Å². The molecule has 2 fully saturated rings. The normalized spacial score (nSPS) is 16.2. The number of methoxy groups -OCH3 is 2. The summed E-state index contributed by atoms with van der Waals surface area (Å²) < 4.78 is 24.4. The average Bonchev–Trinajstić information content (AvgIpc) is 4.01. The lowest BCUT2D eigenvalue weighted by Crippen LogP contribution is -2.51. The molecule has 300 valence electrons. The summed E-state index contributed by atoms with van der Waals surface area (Å²) in [5.41, 5.74) is 6.88. The van der Waals surface area contributed by atoms with Crippen LogP contribution in [0.4, 0.5) is 14.0 Å². The minimum absolute atomic E-state index is 0.0772. The number of hydrogen-bond acceptors (Lipinski definition) is 8. The number of aromatic nitrogens is 4. The second-order valence-electron chi connectivity index (χ2n) is 14.7. The second-order valence-corrected chi connectivity index (χ2v) is 14.7. The number of aromatic amines is 2. The van der Waals surface area contributed by atoms with E-state index in [1.54, 1.807) is 31.0 Å². The van der Waals surface area contributed by atoms with Gasteiger partial charge in [-0.3, -0.25) is 14.6 Å². The number of benzene rings is 2. The number of alkyl carbamates (subject to hydrolysis) is 1. The summed E-state index contributed by atoms with van der Waals surface area (Å²) in [6.45, 7) is 7.91. The second kappa shape index (κ2) is 19.2. The number of amides is 4. The first-order valence-corrected chi connectivity index (χ1v) is 19.2. The third-order valence-electron chi connectivity index (χ3n) is 10.3. The molecule has 3 heterocycles. The first-order chi connectivity index (χ1) is 26.9. The van der Waals surface area contributed by atoms with Gasteiger partial charge in [0.15, 0.2) is 0 Å². The van der Waals surface area contributed by atoms with Gasteiger partial charge in [0, 0.05) is 29.6 Å². The van der Waals surface area contributed by atoms with E-state index < -0.39 is 18.2 Å². The quantitative estimate of drug-likeness (QED) is 0.0896. The Labute approximate surface area is 326 Å². The number of hydrazine groups is 1. The van der Waals surface area contributed by atoms with Gasteiger partial charge in [-0.2, -0.15) is 0 Å². The molecule has 2 aromatic carbocycles. The van der Waals surface area contributed by atoms with Crippen LogP contribution in [0.1, 0.15) is 96.2 Å². The van der Waals surface area contributed by atoms with E-state index in [2.05, 4.69) is 35.4 Å². The fourth-order valence-electron chi connectivity index (χ4n) is 7.09. The molecule has 4 N–H and O–H groups in total. The van der Waals surface area contributed by atoms with Gasteiger partial charge in [-0.15, -0.1) is 0 Å². The summed E-state index contributed by atoms with van der Waals surface area (Å²) in [5.74, 6) is 1.64. The summed E-state index contributed by atoms with van der Waals surface area (Å²) in [6, 6.07) is 12.0. The summed E-state index contributed by atoms with van der Waals surface area (Å²) in [7, 11) is 2.52. The van der Waals surface area contributed by atoms with Gasteiger partial charge in [-0.05, 0) is 62.6 Å². The maximum absolute atomic E-state index is 15.4. The zero-order chi connectivity index (χ0) is 40.4. The maximum atomic E-state index is 15.4. The Hall–Kier alpha value is -5.73. The van der Waals surface area contributed by atoms with E-state index in [0.717, 1.165) is 64.6 Å². The maximum Gasteiger partial charge on any atom is 0.425 e. The number of carbonyl (C=O) groups is 4. The van der Waals surface area contributed by atoms with E-state index in [9.17, 15) is 19.2 Å². The van der Waals surface area contributed by atoms with Crippen LogP contribution in [0, 0.1) is 11.7 Å². The molecular weight excluding hydrogens is 719 g/mol. The highest BCUT2D eigenvalue weighted by Crippen LogP contribution is 2.35. The van der Waals surface area contributed by atoms with Crippen molar-refractivity contribution in [3.8, 4) is 33.6 Å². The van der Waals surface area contributed by atoms with E-state index in [4.69, 9.17) is 4.74 Å². The predicted molar refractivity (Wildman–Crippen MR) is 209 cm³/mol. The van der Waals surface area contributed by atoms with Crippen LogP contribution in [0.3, 0.4) is 0 Å². The Morgan fingerprint density at radius 3 is 2.05 bits per heavy atom. The molecule has 0 radical (unpaired) electrons. The highest BCUT2D eigenvalue weighted by atomic mass is 19.1. The van der Waals surface area contributed by atoms with Crippen molar-refractivity contribution in [3.63, 3.8) is 0 Å². The highest BCUT2D eigenvalue weighted by Gasteiger charge is 2.37. The summed E-state index contributed by atoms with van der Waals surface area (Å²) in [5, 5.41) is 3.80. The molecule has 2 aliphatic rings. The first kappa shape index (κ1) is 41.4. The lowest BCUT2D eigenvalue weighted by Gasteiger charge is -2.30. The summed E-state index contributed by atoms with van der Waals surface area (Å²) in [6.07, 6.45) is 10.5. The third kappa shape index (κ3) is 10.1. The fraction of sp³-hybridized carbons (Fsp3) is 0.463. The topological polar surface area (TPSA) is 175 Å². The number of imidazole rings is 2. The van der Waals surface area contributed by atoms with Crippen LogP contribution in [-0.2, 0) is 19.1 Å². The van der Waals surface area contributed by atoms with Crippen LogP contribution in [0.15, 0.2) is 54.9 Å². The molecule has 1 aliphatic carbocycles. The molecule has 0 spiro atoms. The van der Waals surface area contributed by atoms with Gasteiger partial charge in [0.2, 0.25) is 12.3 Å². The molecule has 14 nitrogen and oxygen atoms in total. The van der Waals surface area contributed by atoms with Crippen molar-refractivity contribution < 1.29 is 33.0 Å². The standard InChI is InChI=1S/C35H41FN6O3.C6H12N2O3/c1-21(2)31(41-35(44)45-3)34(43)42-17-7-10-30(42)33-38-19-28(40-33)23-13-11-22(12-14-23)26-16-15-25(18-27(26)36)29-20-37-32(39-29)24-8-5-4-6-9-24;1-5(2)8(4-9)7-6(10)11-3/h11-16,18-21,24,30-31H,4-10,17H2,1-3H3,(H,37,39)(H,38,40)(H,41,44);4-5H,1-3H3,(H,7,10). The Kier molecular flexibility index (Phi) is 14.2. The van der Waals surface area contributed by atoms with Crippen molar-refractivity contribution in [1.29, 1.82) is 0 Å². The van der Waals surface area contributed by atoms with Gasteiger partial charge in [0.1, 0.15) is 23.5 Å². The van der Waals surface area contributed by atoms with Crippen LogP contribution >= 0.6 is 0 Å². The van der Waals surface area contributed by atoms with Crippen LogP contribution in [-0.4, -0.2) is 87.2 Å². The number of ether oxygens (including phenoxy) is 2. The van der Waals surface area contributed by atoms with Gasteiger partial charge in [-0.1, -0.05) is 69.5 Å². The minimum Gasteiger partial charge on any atom is -0.453 e. The first-order valence-electron chi connectivity index (χ1n) is 19.2. The Bertz CT molecular complexity index is 1940. The zero-order valence-corrected chi connectivity index (χ0v) is 32.9. The molecular formula is C41H53FN8O6. The molecule has 0 bridgehead atoms. The number of likely N-dealkylation sites (tertiary alicyclic amines) is 1. The lowest BCUT2D eigenvalue weighted by molar-refractivity contribution is -0.135. The molecule has 4 amide bonds. The monoisotopic (exact) mass is 772 g/mol. The van der Waals surface area contributed by atoms with Crippen LogP contribution in [0.25, 0.3) is 33.6 Å². The molecule has 56 heavy (non-hydrogen) atoms. The Morgan fingerprint density at radius 2 is 1.45 bits per heavy atom. The average molecular weight is 773 g/mol. The molecule has 1 aliphatic heterocycles. The van der Waals surface area contributed by atoms with Gasteiger partial charge in [0.05, 0.1) is 44.0 Å². The summed E-state index contributed by atoms with van der Waals surface area (Å²) in [4.78, 5) is 64.0. The van der Waals surface area contributed by atoms with Gasteiger partial charge >= 0.3 is 12.2 Å². The van der Waals surface area contributed by atoms with E-state index in [0.29, 0.717) is 30.3 Å². The van der Waals surface area contributed by atoms with Crippen LogP contribution in [0.2, 0.25) is 0 Å². The van der Waals surface area contributed by atoms with Crippen molar-refractivity contribution in [2.45, 2.75) is 96.7 Å². The Balaban J connectivity index is 0.000000477. The molecule has 1 saturated heterocycles. The molecule has 6 rings (SSSR count). The predicted octanol–water partition coefficient (Wildman–Crippen LogP) is 7.49. The third-order valence-corrected chi connectivity index (χ3v) is 10.3. The number of H-pyrrole nitrogens is 2. The number of hydrogen-bond donors (Lipinski definition) is 4. The van der Waals surface area contributed by atoms with E-state index in [1.807, 2.05) is 56.4 Å². The molecule has 1 saturated carbocycles. The van der Waals surface area contributed by atoms with Crippen molar-refractivity contribution in [2.24, 2.45) is 5.92 Å². The molecule has 15 heteroatoms. The molecule has 2 unspecified atom stereocenters. The van der Waals surface area contributed by atoms with Gasteiger partial charge in [0.25, 0.3) is 0 Å². The molecule has 4 aromatic rings. The van der Waals surface area contributed by atoms with Crippen LogP contribution in [0.5, 0.6) is 0 Å². The van der Waals surface area contributed by atoms with Gasteiger partial charge in [-0.25, -0.2) is 29.4 Å². The smallest absolute Gasteiger partial charge is 0.425 e. The largest absolute Gasteiger partial charge is 0.453 e. The van der Waals surface area contributed by atoms with E-state index in [1.165, 1.54) is 33.5 Å². The number of carbonyl (C=O) groups excluding carboxylic acids is 4. The zero-order valence-electron chi connectivity index (χ0n) is 32.9. The van der Waals surface area contributed by atoms with Crippen molar-refractivity contribution in [2.75, 3.05) is 20.8 Å². The number of nitrogens with one attached hydrogen (secondary N) is 4. The summed E-state index contributed by atoms with van der Waals surface area (Å²) >= 11 is 0. The number of nitrogens with zero attached hydrogens (tertiary/aromatic N) is 4.